The molecule has 1 saturated heterocycles. The summed E-state index contributed by atoms with van der Waals surface area (Å²) in [6.07, 6.45) is 1.37. The van der Waals surface area contributed by atoms with Crippen molar-refractivity contribution in [3.63, 3.8) is 0 Å². The van der Waals surface area contributed by atoms with Gasteiger partial charge < -0.3 is 25.4 Å². The van der Waals surface area contributed by atoms with Crippen molar-refractivity contribution in [2.75, 3.05) is 32.1 Å². The Labute approximate surface area is 195 Å². The maximum absolute atomic E-state index is 12.3. The number of primary amides is 1. The third kappa shape index (κ3) is 6.77. The number of rotatable bonds is 7. The molecule has 0 saturated carbocycles. The molecule has 13 heteroatoms. The summed E-state index contributed by atoms with van der Waals surface area (Å²) in [6, 6.07) is 5.74. The molecule has 0 unspecified atom stereocenters. The number of likely N-dealkylation sites (tertiary alicyclic amines) is 1. The number of nitrogens with one attached hydrogen (secondary N) is 1. The number of piperidine rings is 1. The van der Waals surface area contributed by atoms with Crippen LogP contribution in [0.3, 0.4) is 0 Å². The second-order valence-electron chi connectivity index (χ2n) is 7.47. The highest BCUT2D eigenvalue weighted by molar-refractivity contribution is 5.67. The predicted octanol–water partition coefficient (Wildman–Crippen LogP) is 2.55. The number of halogens is 2. The highest BCUT2D eigenvalue weighted by atomic mass is 19.3. The Balaban J connectivity index is 0.00000129. The van der Waals surface area contributed by atoms with Gasteiger partial charge in [0.25, 0.3) is 6.43 Å². The van der Waals surface area contributed by atoms with Crippen molar-refractivity contribution < 1.29 is 27.8 Å². The van der Waals surface area contributed by atoms with E-state index in [-0.39, 0.29) is 25.9 Å². The number of carbonyl (C=O) groups excluding carboxylic acids is 2. The van der Waals surface area contributed by atoms with Crippen LogP contribution >= 0.6 is 0 Å². The first-order valence-corrected chi connectivity index (χ1v) is 10.3. The van der Waals surface area contributed by atoms with Gasteiger partial charge in [-0.15, -0.1) is 0 Å². The minimum atomic E-state index is -2.70. The number of aromatic nitrogens is 3. The Morgan fingerprint density at radius 1 is 1.44 bits per heavy atom. The highest BCUT2D eigenvalue weighted by Gasteiger charge is 2.39. The first-order valence-electron chi connectivity index (χ1n) is 10.3. The van der Waals surface area contributed by atoms with E-state index in [1.807, 2.05) is 13.1 Å². The molecule has 0 aromatic carbocycles. The number of methoxy groups -OCH3 is 1. The Morgan fingerprint density at radius 2 is 2.12 bits per heavy atom. The van der Waals surface area contributed by atoms with E-state index in [4.69, 9.17) is 9.53 Å². The molecule has 184 valence electrons. The first kappa shape index (κ1) is 26.3. The van der Waals surface area contributed by atoms with Crippen LogP contribution in [0.15, 0.2) is 24.5 Å². The van der Waals surface area contributed by atoms with Gasteiger partial charge in [0.15, 0.2) is 12.4 Å². The molecule has 0 bridgehead atoms. The summed E-state index contributed by atoms with van der Waals surface area (Å²) in [5.41, 5.74) is 5.20. The summed E-state index contributed by atoms with van der Waals surface area (Å²) in [5.74, 6) is 1.10. The number of pyridine rings is 1. The molecule has 11 nitrogen and oxygen atoms in total. The summed E-state index contributed by atoms with van der Waals surface area (Å²) < 4.78 is 36.1. The fourth-order valence-electron chi connectivity index (χ4n) is 3.53. The van der Waals surface area contributed by atoms with Crippen LogP contribution in [0.5, 0.6) is 5.88 Å². The van der Waals surface area contributed by atoms with Crippen LogP contribution in [0.2, 0.25) is 0 Å². The van der Waals surface area contributed by atoms with Gasteiger partial charge in [0.05, 0.1) is 25.1 Å². The molecule has 0 spiro atoms. The number of aryl methyl sites for hydroxylation is 1. The van der Waals surface area contributed by atoms with Crippen LogP contribution in [0.25, 0.3) is 0 Å². The zero-order valence-electron chi connectivity index (χ0n) is 18.9. The van der Waals surface area contributed by atoms with Crippen LogP contribution in [0.1, 0.15) is 24.8 Å². The molecule has 1 fully saturated rings. The van der Waals surface area contributed by atoms with Gasteiger partial charge in [0.2, 0.25) is 12.3 Å². The van der Waals surface area contributed by atoms with Crippen molar-refractivity contribution in [2.45, 2.75) is 38.2 Å². The summed E-state index contributed by atoms with van der Waals surface area (Å²) in [7, 11) is 1.54. The maximum atomic E-state index is 12.3. The molecule has 0 radical (unpaired) electrons. The highest BCUT2D eigenvalue weighted by Crippen LogP contribution is 2.35. The Morgan fingerprint density at radius 3 is 2.71 bits per heavy atom. The van der Waals surface area contributed by atoms with Gasteiger partial charge in [-0.1, -0.05) is 0 Å². The number of ether oxygens (including phenoxy) is 2. The average Bonchev–Trinajstić information content (AvgIpc) is 3.19. The second-order valence-corrected chi connectivity index (χ2v) is 7.47. The topological polar surface area (TPSA) is 148 Å². The van der Waals surface area contributed by atoms with E-state index < -0.39 is 24.7 Å². The zero-order chi connectivity index (χ0) is 25.1. The Kier molecular flexibility index (Phi) is 9.54. The zero-order valence-corrected chi connectivity index (χ0v) is 18.9. The lowest BCUT2D eigenvalue weighted by molar-refractivity contribution is -0.106. The van der Waals surface area contributed by atoms with Gasteiger partial charge in [-0.3, -0.25) is 9.48 Å². The standard InChI is InChI=1S/C20H24F2N6O3.CH3NO/c1-14-12-28(26-18(14)25-15-3-8-24-17(11-15)30-2)20(4-7-23)5-9-27(10-6-20)19(29)31-13-16(21)22;2-1-3/h3,8,11-12,16H,4-6,9-10,13H2,1-2H3,(H,24,25,26);1H,(H2,2,3). The number of carbonyl (C=O) groups is 2. The average molecular weight is 479 g/mol. The van der Waals surface area contributed by atoms with Crippen molar-refractivity contribution >= 4 is 24.0 Å². The summed E-state index contributed by atoms with van der Waals surface area (Å²) in [5, 5.41) is 17.3. The van der Waals surface area contributed by atoms with Crippen molar-refractivity contribution in [3.05, 3.63) is 30.1 Å². The van der Waals surface area contributed by atoms with Crippen molar-refractivity contribution in [3.8, 4) is 11.9 Å². The molecule has 2 amide bonds. The third-order valence-corrected chi connectivity index (χ3v) is 5.28. The van der Waals surface area contributed by atoms with E-state index in [1.54, 1.807) is 23.0 Å². The number of alkyl halides is 2. The van der Waals surface area contributed by atoms with Crippen LogP contribution in [0, 0.1) is 18.3 Å². The van der Waals surface area contributed by atoms with Crippen LogP contribution < -0.4 is 15.8 Å². The normalized spacial score (nSPS) is 14.4. The van der Waals surface area contributed by atoms with E-state index in [1.165, 1.54) is 12.0 Å². The molecule has 3 rings (SSSR count). The van der Waals surface area contributed by atoms with E-state index >= 15 is 0 Å². The molecule has 0 aliphatic carbocycles. The number of hydrogen-bond donors (Lipinski definition) is 2. The molecular formula is C21H27F2N7O4. The van der Waals surface area contributed by atoms with Gasteiger partial charge >= 0.3 is 6.09 Å². The number of hydrogen-bond acceptors (Lipinski definition) is 8. The van der Waals surface area contributed by atoms with Gasteiger partial charge in [-0.2, -0.15) is 10.4 Å². The molecular weight excluding hydrogens is 452 g/mol. The van der Waals surface area contributed by atoms with Crippen molar-refractivity contribution in [2.24, 2.45) is 5.73 Å². The number of anilines is 2. The van der Waals surface area contributed by atoms with Crippen LogP contribution in [-0.4, -0.2) is 65.4 Å². The summed E-state index contributed by atoms with van der Waals surface area (Å²) >= 11 is 0. The Hall–Kier alpha value is -3.95. The lowest BCUT2D eigenvalue weighted by Crippen LogP contribution is -2.48. The molecule has 0 atom stereocenters. The molecule has 3 heterocycles. The van der Waals surface area contributed by atoms with Gasteiger partial charge in [-0.25, -0.2) is 18.6 Å². The molecule has 1 aliphatic heterocycles. The minimum Gasteiger partial charge on any atom is -0.481 e. The fraction of sp³-hybridized carbons (Fsp3) is 0.476. The monoisotopic (exact) mass is 479 g/mol. The predicted molar refractivity (Wildman–Crippen MR) is 118 cm³/mol. The van der Waals surface area contributed by atoms with Gasteiger partial charge in [-0.05, 0) is 25.8 Å². The molecule has 34 heavy (non-hydrogen) atoms. The molecule has 3 N–H and O–H groups in total. The lowest BCUT2D eigenvalue weighted by Gasteiger charge is -2.40. The molecule has 2 aromatic heterocycles. The second kappa shape index (κ2) is 12.3. The summed E-state index contributed by atoms with van der Waals surface area (Å²) in [6.45, 7) is 1.55. The SMILES string of the molecule is COc1cc(Nc2nn(C3(CC#N)CCN(C(=O)OCC(F)F)CC3)cc2C)ccn1.NC=O. The lowest BCUT2D eigenvalue weighted by atomic mass is 9.85. The fourth-order valence-corrected chi connectivity index (χ4v) is 3.53. The largest absolute Gasteiger partial charge is 0.481 e. The van der Waals surface area contributed by atoms with Gasteiger partial charge in [0.1, 0.15) is 0 Å². The third-order valence-electron chi connectivity index (χ3n) is 5.28. The number of nitrogens with zero attached hydrogens (tertiary/aromatic N) is 5. The van der Waals surface area contributed by atoms with Crippen molar-refractivity contribution in [1.29, 1.82) is 5.26 Å². The smallest absolute Gasteiger partial charge is 0.409 e. The quantitative estimate of drug-likeness (QED) is 0.576. The number of nitriles is 1. The van der Waals surface area contributed by atoms with Crippen molar-refractivity contribution in [1.82, 2.24) is 19.7 Å². The number of amides is 2. The van der Waals surface area contributed by atoms with E-state index in [9.17, 15) is 18.8 Å². The first-order chi connectivity index (χ1) is 16.3. The Bertz CT molecular complexity index is 1000. The van der Waals surface area contributed by atoms with E-state index in [0.29, 0.717) is 24.5 Å². The molecule has 2 aromatic rings. The van der Waals surface area contributed by atoms with Gasteiger partial charge in [0, 0.05) is 42.8 Å². The van der Waals surface area contributed by atoms with E-state index in [0.717, 1.165) is 11.3 Å². The van der Waals surface area contributed by atoms with E-state index in [2.05, 4.69) is 31.9 Å². The summed E-state index contributed by atoms with van der Waals surface area (Å²) in [4.78, 5) is 26.0. The number of nitrogens with two attached hydrogens (primary N) is 1. The van der Waals surface area contributed by atoms with Crippen LogP contribution in [0.4, 0.5) is 25.1 Å². The molecule has 1 aliphatic rings. The maximum Gasteiger partial charge on any atom is 0.409 e. The minimum absolute atomic E-state index is 0.205. The van der Waals surface area contributed by atoms with Crippen LogP contribution in [-0.2, 0) is 15.1 Å².